The van der Waals surface area contributed by atoms with Crippen molar-refractivity contribution < 1.29 is 13.7 Å². The summed E-state index contributed by atoms with van der Waals surface area (Å²) in [6.45, 7) is 14.0. The standard InChI is InChI=1S/C23H34N2O3S2/c1-16(24-30(27)23(5,6)7)19-13-14-20(29-19)18-12-10-9-11-17(18)15-25(8)21(26)28-22(2,3)4/h9-14,16,24H,15H2,1-8H3/t16-,30-/m1/s1. The monoisotopic (exact) mass is 450 g/mol. The molecule has 1 heterocycles. The predicted octanol–water partition coefficient (Wildman–Crippen LogP) is 5.89. The van der Waals surface area contributed by atoms with Crippen molar-refractivity contribution in [2.45, 2.75) is 71.4 Å². The van der Waals surface area contributed by atoms with Crippen molar-refractivity contribution in [3.8, 4) is 10.4 Å². The highest BCUT2D eigenvalue weighted by Gasteiger charge is 2.23. The first-order valence-electron chi connectivity index (χ1n) is 10.1. The number of carbonyl (C=O) groups excluding carboxylic acids is 1. The average molecular weight is 451 g/mol. The van der Waals surface area contributed by atoms with Crippen molar-refractivity contribution in [3.63, 3.8) is 0 Å². The zero-order valence-corrected chi connectivity index (χ0v) is 20.9. The maximum Gasteiger partial charge on any atom is 0.410 e. The van der Waals surface area contributed by atoms with E-state index in [4.69, 9.17) is 4.74 Å². The molecule has 5 nitrogen and oxygen atoms in total. The largest absolute Gasteiger partial charge is 0.444 e. The van der Waals surface area contributed by atoms with E-state index in [9.17, 15) is 9.00 Å². The van der Waals surface area contributed by atoms with Crippen LogP contribution in [0.1, 0.15) is 64.9 Å². The van der Waals surface area contributed by atoms with Gasteiger partial charge in [-0.3, -0.25) is 0 Å². The fourth-order valence-corrected chi connectivity index (χ4v) is 4.63. The average Bonchev–Trinajstić information content (AvgIpc) is 3.09. The number of hydrogen-bond acceptors (Lipinski definition) is 4. The Balaban J connectivity index is 2.18. The molecular formula is C23H34N2O3S2. The molecule has 7 heteroatoms. The first-order chi connectivity index (χ1) is 13.8. The minimum absolute atomic E-state index is 0.0135. The summed E-state index contributed by atoms with van der Waals surface area (Å²) in [5.41, 5.74) is 1.62. The van der Waals surface area contributed by atoms with Gasteiger partial charge in [-0.15, -0.1) is 11.3 Å². The molecule has 0 aliphatic heterocycles. The Hall–Kier alpha value is -1.70. The van der Waals surface area contributed by atoms with Crippen LogP contribution >= 0.6 is 11.3 Å². The van der Waals surface area contributed by atoms with Crippen LogP contribution in [0.25, 0.3) is 10.4 Å². The molecule has 0 fully saturated rings. The maximum atomic E-state index is 12.4. The van der Waals surface area contributed by atoms with E-state index < -0.39 is 16.6 Å². The molecule has 1 amide bonds. The third-order valence-electron chi connectivity index (χ3n) is 4.29. The van der Waals surface area contributed by atoms with Crippen LogP contribution in [0.15, 0.2) is 36.4 Å². The lowest BCUT2D eigenvalue weighted by atomic mass is 10.1. The number of rotatable bonds is 6. The van der Waals surface area contributed by atoms with Gasteiger partial charge in [0.15, 0.2) is 0 Å². The number of hydrogen-bond donors (Lipinski definition) is 1. The number of carbonyl (C=O) groups is 1. The molecule has 0 spiro atoms. The Morgan fingerprint density at radius 2 is 1.77 bits per heavy atom. The summed E-state index contributed by atoms with van der Waals surface area (Å²) in [4.78, 5) is 16.2. The number of nitrogens with zero attached hydrogens (tertiary/aromatic N) is 1. The molecular weight excluding hydrogens is 416 g/mol. The van der Waals surface area contributed by atoms with E-state index in [1.54, 1.807) is 23.3 Å². The summed E-state index contributed by atoms with van der Waals surface area (Å²) < 4.78 is 20.8. The summed E-state index contributed by atoms with van der Waals surface area (Å²) in [6.07, 6.45) is -0.341. The number of amides is 1. The van der Waals surface area contributed by atoms with Gasteiger partial charge in [0.2, 0.25) is 0 Å². The third kappa shape index (κ3) is 6.93. The first kappa shape index (κ1) is 24.6. The van der Waals surface area contributed by atoms with Crippen LogP contribution in [0, 0.1) is 0 Å². The molecule has 0 saturated carbocycles. The van der Waals surface area contributed by atoms with Crippen molar-refractivity contribution in [1.82, 2.24) is 9.62 Å². The third-order valence-corrected chi connectivity index (χ3v) is 7.27. The van der Waals surface area contributed by atoms with Crippen LogP contribution in [-0.4, -0.2) is 32.6 Å². The molecule has 2 rings (SSSR count). The van der Waals surface area contributed by atoms with Gasteiger partial charge >= 0.3 is 6.09 Å². The van der Waals surface area contributed by atoms with Gasteiger partial charge in [-0.1, -0.05) is 24.3 Å². The Labute approximate surface area is 187 Å². The second-order valence-corrected chi connectivity index (χ2v) is 12.5. The Kier molecular flexibility index (Phi) is 7.88. The van der Waals surface area contributed by atoms with Crippen LogP contribution in [0.5, 0.6) is 0 Å². The molecule has 1 aromatic heterocycles. The predicted molar refractivity (Wildman–Crippen MR) is 127 cm³/mol. The van der Waals surface area contributed by atoms with Crippen molar-refractivity contribution in [2.75, 3.05) is 7.05 Å². The topological polar surface area (TPSA) is 58.6 Å². The minimum Gasteiger partial charge on any atom is -0.444 e. The van der Waals surface area contributed by atoms with Crippen molar-refractivity contribution in [1.29, 1.82) is 0 Å². The maximum absolute atomic E-state index is 12.4. The van der Waals surface area contributed by atoms with Gasteiger partial charge in [-0.25, -0.2) is 13.7 Å². The van der Waals surface area contributed by atoms with E-state index >= 15 is 0 Å². The van der Waals surface area contributed by atoms with E-state index in [1.165, 1.54) is 0 Å². The van der Waals surface area contributed by atoms with Gasteiger partial charge in [0.1, 0.15) is 5.60 Å². The van der Waals surface area contributed by atoms with Gasteiger partial charge in [-0.2, -0.15) is 0 Å². The molecule has 0 bridgehead atoms. The van der Waals surface area contributed by atoms with Crippen LogP contribution < -0.4 is 4.72 Å². The van der Waals surface area contributed by atoms with Crippen molar-refractivity contribution in [2.24, 2.45) is 0 Å². The summed E-state index contributed by atoms with van der Waals surface area (Å²) >= 11 is 1.67. The summed E-state index contributed by atoms with van der Waals surface area (Å²) in [5, 5.41) is 0. The lowest BCUT2D eigenvalue weighted by Crippen LogP contribution is -2.34. The van der Waals surface area contributed by atoms with Gasteiger partial charge in [0.25, 0.3) is 0 Å². The van der Waals surface area contributed by atoms with Gasteiger partial charge in [0.05, 0.1) is 21.8 Å². The van der Waals surface area contributed by atoms with E-state index in [2.05, 4.69) is 22.9 Å². The highest BCUT2D eigenvalue weighted by Crippen LogP contribution is 2.34. The fraction of sp³-hybridized carbons (Fsp3) is 0.522. The zero-order chi connectivity index (χ0) is 22.7. The Bertz CT molecular complexity index is 894. The molecule has 30 heavy (non-hydrogen) atoms. The van der Waals surface area contributed by atoms with Gasteiger partial charge < -0.3 is 9.64 Å². The molecule has 2 aromatic rings. The molecule has 1 N–H and O–H groups in total. The molecule has 0 radical (unpaired) electrons. The lowest BCUT2D eigenvalue weighted by molar-refractivity contribution is 0.0285. The van der Waals surface area contributed by atoms with E-state index in [-0.39, 0.29) is 16.9 Å². The Morgan fingerprint density at radius 3 is 2.37 bits per heavy atom. The molecule has 0 aliphatic rings. The number of thiophene rings is 1. The smallest absolute Gasteiger partial charge is 0.410 e. The number of ether oxygens (including phenoxy) is 1. The quantitative estimate of drug-likeness (QED) is 0.596. The van der Waals surface area contributed by atoms with Crippen LogP contribution in [0.2, 0.25) is 0 Å². The Morgan fingerprint density at radius 1 is 1.13 bits per heavy atom. The van der Waals surface area contributed by atoms with Crippen LogP contribution in [0.3, 0.4) is 0 Å². The summed E-state index contributed by atoms with van der Waals surface area (Å²) in [6, 6.07) is 12.2. The molecule has 0 unspecified atom stereocenters. The molecule has 2 atom stereocenters. The summed E-state index contributed by atoms with van der Waals surface area (Å²) in [7, 11) is 0.618. The molecule has 0 saturated heterocycles. The van der Waals surface area contributed by atoms with Crippen molar-refractivity contribution >= 4 is 28.4 Å². The second kappa shape index (κ2) is 9.62. The summed E-state index contributed by atoms with van der Waals surface area (Å²) in [5.74, 6) is 0. The number of nitrogens with one attached hydrogen (secondary N) is 1. The van der Waals surface area contributed by atoms with Gasteiger partial charge in [-0.05, 0) is 71.7 Å². The SMILES string of the molecule is C[C@@H](N[S@](=O)C(C)(C)C)c1ccc(-c2ccccc2CN(C)C(=O)OC(C)(C)C)s1. The lowest BCUT2D eigenvalue weighted by Gasteiger charge is -2.25. The van der Waals surface area contributed by atoms with Crippen LogP contribution in [0.4, 0.5) is 4.79 Å². The number of benzene rings is 1. The minimum atomic E-state index is -1.13. The van der Waals surface area contributed by atoms with Crippen molar-refractivity contribution in [3.05, 3.63) is 46.8 Å². The zero-order valence-electron chi connectivity index (χ0n) is 19.2. The van der Waals surface area contributed by atoms with E-state index in [0.29, 0.717) is 6.54 Å². The van der Waals surface area contributed by atoms with E-state index in [1.807, 2.05) is 66.7 Å². The van der Waals surface area contributed by atoms with E-state index in [0.717, 1.165) is 20.9 Å². The molecule has 1 aromatic carbocycles. The second-order valence-electron chi connectivity index (χ2n) is 9.42. The normalized spacial score (nSPS) is 14.3. The highest BCUT2D eigenvalue weighted by molar-refractivity contribution is 7.84. The fourth-order valence-electron chi connectivity index (χ4n) is 2.68. The highest BCUT2D eigenvalue weighted by atomic mass is 32.2. The molecule has 0 aliphatic carbocycles. The van der Waals surface area contributed by atoms with Gasteiger partial charge in [0, 0.05) is 23.3 Å². The first-order valence-corrected chi connectivity index (χ1v) is 12.0. The molecule has 166 valence electrons. The van der Waals surface area contributed by atoms with Crippen LogP contribution in [-0.2, 0) is 22.3 Å².